The molecule has 0 spiro atoms. The number of hydrogen-bond acceptors (Lipinski definition) is 1. The number of alkyl halides is 3. The second-order valence-electron chi connectivity index (χ2n) is 1.82. The number of rotatable bonds is 2. The molecule has 0 aromatic rings. The van der Waals surface area contributed by atoms with Crippen molar-refractivity contribution in [1.82, 2.24) is 6.15 Å². The van der Waals surface area contributed by atoms with Crippen LogP contribution in [0.15, 0.2) is 0 Å². The van der Waals surface area contributed by atoms with E-state index < -0.39 is 21.6 Å². The smallest absolute Gasteiger partial charge is 0.388 e. The van der Waals surface area contributed by atoms with Crippen LogP contribution in [-0.2, 0) is 0 Å². The molecule has 63 valence electrons. The van der Waals surface area contributed by atoms with E-state index in [4.69, 9.17) is 0 Å². The molecule has 4 N–H and O–H groups in total. The van der Waals surface area contributed by atoms with Crippen LogP contribution in [0.2, 0.25) is 12.6 Å². The van der Waals surface area contributed by atoms with Crippen LogP contribution in [0, 0.1) is 0 Å². The lowest BCUT2D eigenvalue weighted by molar-refractivity contribution is -0.196. The number of halogens is 3. The highest BCUT2D eigenvalue weighted by molar-refractivity contribution is 6.46. The SMILES string of the molecule is C[Si]([O-])CCC(F)(F)F.[NH4+]. The Morgan fingerprint density at radius 2 is 1.80 bits per heavy atom. The molecule has 0 aliphatic carbocycles. The van der Waals surface area contributed by atoms with Gasteiger partial charge in [-0.1, -0.05) is 21.6 Å². The Hall–Kier alpha value is -0.0731. The van der Waals surface area contributed by atoms with Crippen molar-refractivity contribution in [2.24, 2.45) is 0 Å². The summed E-state index contributed by atoms with van der Waals surface area (Å²) < 4.78 is 33.9. The molecule has 0 fully saturated rings. The van der Waals surface area contributed by atoms with Gasteiger partial charge in [0.2, 0.25) is 0 Å². The molecule has 0 unspecified atom stereocenters. The molecule has 6 heteroatoms. The van der Waals surface area contributed by atoms with Gasteiger partial charge >= 0.3 is 6.18 Å². The molecule has 0 rings (SSSR count). The fourth-order valence-corrected chi connectivity index (χ4v) is 0.953. The lowest BCUT2D eigenvalue weighted by Gasteiger charge is -2.14. The number of hydrogen-bond donors (Lipinski definition) is 1. The first-order valence-electron chi connectivity index (χ1n) is 2.48. The maximum atomic E-state index is 11.3. The Kier molecular flexibility index (Phi) is 5.91. The summed E-state index contributed by atoms with van der Waals surface area (Å²) in [6, 6.07) is -0.214. The van der Waals surface area contributed by atoms with E-state index in [2.05, 4.69) is 0 Å². The fraction of sp³-hybridized carbons (Fsp3) is 1.00. The van der Waals surface area contributed by atoms with Crippen molar-refractivity contribution in [1.29, 1.82) is 0 Å². The molecule has 2 nitrogen and oxygen atoms in total. The molecule has 0 aliphatic rings. The van der Waals surface area contributed by atoms with Crippen molar-refractivity contribution >= 4 is 9.04 Å². The summed E-state index contributed by atoms with van der Waals surface area (Å²) >= 11 is 0. The predicted molar refractivity (Wildman–Crippen MR) is 33.1 cm³/mol. The average molecular weight is 174 g/mol. The van der Waals surface area contributed by atoms with Crippen LogP contribution in [0.1, 0.15) is 6.42 Å². The first-order chi connectivity index (χ1) is 3.92. The van der Waals surface area contributed by atoms with Crippen molar-refractivity contribution in [3.05, 3.63) is 0 Å². The fourth-order valence-electron chi connectivity index (χ4n) is 0.318. The molecular formula is C4H11F3NOSi. The Morgan fingerprint density at radius 1 is 1.40 bits per heavy atom. The van der Waals surface area contributed by atoms with Gasteiger partial charge in [-0.2, -0.15) is 13.2 Å². The van der Waals surface area contributed by atoms with E-state index in [1.54, 1.807) is 0 Å². The zero-order valence-electron chi connectivity index (χ0n) is 5.96. The molecule has 0 heterocycles. The van der Waals surface area contributed by atoms with Crippen molar-refractivity contribution < 1.29 is 18.0 Å². The molecular weight excluding hydrogens is 163 g/mol. The van der Waals surface area contributed by atoms with Gasteiger partial charge in [-0.3, -0.25) is 0 Å². The minimum Gasteiger partial charge on any atom is -0.861 e. The summed E-state index contributed by atoms with van der Waals surface area (Å²) in [5, 5.41) is 0. The first kappa shape index (κ1) is 12.6. The van der Waals surface area contributed by atoms with E-state index in [0.29, 0.717) is 0 Å². The summed E-state index contributed by atoms with van der Waals surface area (Å²) in [7, 11) is -1.94. The van der Waals surface area contributed by atoms with Crippen LogP contribution in [0.3, 0.4) is 0 Å². The van der Waals surface area contributed by atoms with Crippen molar-refractivity contribution in [3.8, 4) is 0 Å². The molecule has 0 bridgehead atoms. The molecule has 10 heavy (non-hydrogen) atoms. The highest BCUT2D eigenvalue weighted by Crippen LogP contribution is 2.21. The Balaban J connectivity index is 0. The topological polar surface area (TPSA) is 59.6 Å². The van der Waals surface area contributed by atoms with Gasteiger partial charge in [0.05, 0.1) is 0 Å². The summed E-state index contributed by atoms with van der Waals surface area (Å²) in [5.41, 5.74) is 0. The van der Waals surface area contributed by atoms with Gasteiger partial charge in [0.1, 0.15) is 0 Å². The minimum atomic E-state index is -4.14. The molecule has 0 aromatic heterocycles. The molecule has 0 saturated heterocycles. The van der Waals surface area contributed by atoms with E-state index in [-0.39, 0.29) is 12.2 Å². The van der Waals surface area contributed by atoms with Gasteiger partial charge in [-0.25, -0.2) is 0 Å². The quantitative estimate of drug-likeness (QED) is 0.630. The Bertz CT molecular complexity index is 85.1. The summed E-state index contributed by atoms with van der Waals surface area (Å²) in [6.07, 6.45) is -5.06. The van der Waals surface area contributed by atoms with Crippen LogP contribution < -0.4 is 10.9 Å². The van der Waals surface area contributed by atoms with Gasteiger partial charge in [0, 0.05) is 6.42 Å². The van der Waals surface area contributed by atoms with Crippen molar-refractivity contribution in [2.45, 2.75) is 25.2 Å². The highest BCUT2D eigenvalue weighted by atomic mass is 28.3. The molecule has 1 radical (unpaired) electrons. The lowest BCUT2D eigenvalue weighted by Crippen LogP contribution is -2.27. The average Bonchev–Trinajstić information content (AvgIpc) is 1.59. The molecule has 0 aliphatic heterocycles. The summed E-state index contributed by atoms with van der Waals surface area (Å²) in [6.45, 7) is 1.33. The Morgan fingerprint density at radius 3 is 1.90 bits per heavy atom. The van der Waals surface area contributed by atoms with E-state index in [1.807, 2.05) is 0 Å². The van der Waals surface area contributed by atoms with Gasteiger partial charge in [-0.05, 0) is 0 Å². The van der Waals surface area contributed by atoms with E-state index >= 15 is 0 Å². The third-order valence-electron chi connectivity index (χ3n) is 0.761. The lowest BCUT2D eigenvalue weighted by atomic mass is 10.5. The maximum Gasteiger partial charge on any atom is 0.388 e. The normalized spacial score (nSPS) is 11.4. The molecule has 0 aromatic carbocycles. The van der Waals surface area contributed by atoms with Crippen molar-refractivity contribution in [2.75, 3.05) is 0 Å². The highest BCUT2D eigenvalue weighted by Gasteiger charge is 2.25. The minimum absolute atomic E-state index is 0. The van der Waals surface area contributed by atoms with E-state index in [0.717, 1.165) is 0 Å². The van der Waals surface area contributed by atoms with Gasteiger partial charge in [-0.15, -0.1) is 0 Å². The van der Waals surface area contributed by atoms with Crippen LogP contribution in [0.25, 0.3) is 0 Å². The van der Waals surface area contributed by atoms with Crippen LogP contribution >= 0.6 is 0 Å². The van der Waals surface area contributed by atoms with Crippen LogP contribution in [0.4, 0.5) is 13.2 Å². The standard InChI is InChI=1S/C4H7F3OSi.H3N/c1-9(8)3-2-4(5,6)7;/h2-3H2,1H3;1H3/q-1;/p+1. The zero-order chi connectivity index (χ0) is 7.49. The predicted octanol–water partition coefficient (Wildman–Crippen LogP) is 1.30. The van der Waals surface area contributed by atoms with Gasteiger partial charge in [0.25, 0.3) is 0 Å². The third kappa shape index (κ3) is 10.8. The third-order valence-corrected chi connectivity index (χ3v) is 1.71. The largest absolute Gasteiger partial charge is 0.861 e. The molecule has 0 saturated carbocycles. The van der Waals surface area contributed by atoms with Crippen molar-refractivity contribution in [3.63, 3.8) is 0 Å². The molecule has 0 atom stereocenters. The second kappa shape index (κ2) is 4.70. The van der Waals surface area contributed by atoms with E-state index in [1.165, 1.54) is 6.55 Å². The summed E-state index contributed by atoms with van der Waals surface area (Å²) in [4.78, 5) is 10.2. The van der Waals surface area contributed by atoms with Gasteiger partial charge < -0.3 is 10.9 Å². The van der Waals surface area contributed by atoms with Gasteiger partial charge in [0.15, 0.2) is 0 Å². The Labute approximate surface area is 59.4 Å². The van der Waals surface area contributed by atoms with E-state index in [9.17, 15) is 18.0 Å². The molecule has 0 amide bonds. The monoisotopic (exact) mass is 174 g/mol. The van der Waals surface area contributed by atoms with Crippen LogP contribution in [0.5, 0.6) is 0 Å². The van der Waals surface area contributed by atoms with Crippen LogP contribution in [-0.4, -0.2) is 15.2 Å². The first-order valence-corrected chi connectivity index (χ1v) is 4.59. The zero-order valence-corrected chi connectivity index (χ0v) is 6.96. The summed E-state index contributed by atoms with van der Waals surface area (Å²) in [5.74, 6) is 0. The second-order valence-corrected chi connectivity index (χ2v) is 3.72. The maximum absolute atomic E-state index is 11.3. The number of quaternary nitrogens is 1.